The molecule has 3 rings (SSSR count). The lowest BCUT2D eigenvalue weighted by Gasteiger charge is -2.28. The number of fused-ring (bicyclic) bond motifs is 1. The first kappa shape index (κ1) is 14.6. The second-order valence-corrected chi connectivity index (χ2v) is 6.20. The van der Waals surface area contributed by atoms with E-state index in [0.717, 1.165) is 24.8 Å². The van der Waals surface area contributed by atoms with Crippen LogP contribution in [0.25, 0.3) is 0 Å². The van der Waals surface area contributed by atoms with Crippen molar-refractivity contribution in [2.75, 3.05) is 0 Å². The Kier molecular flexibility index (Phi) is 4.27. The maximum atomic E-state index is 13.5. The third kappa shape index (κ3) is 3.28. The third-order valence-electron chi connectivity index (χ3n) is 4.36. The van der Waals surface area contributed by atoms with Crippen LogP contribution in [-0.4, -0.2) is 11.2 Å². The van der Waals surface area contributed by atoms with Crippen molar-refractivity contribution >= 4 is 11.6 Å². The molecule has 21 heavy (non-hydrogen) atoms. The molecule has 2 unspecified atom stereocenters. The minimum absolute atomic E-state index is 0.125. The standard InChI is InChI=1S/C18H18ClFO/c19-16-8-5-12(9-17(16)20)10-18(21)15-7-6-13-3-1-2-4-14(13)11-15/h1-5,8-9,15,18,21H,6-7,10-11H2. The van der Waals surface area contributed by atoms with Crippen molar-refractivity contribution in [3.63, 3.8) is 0 Å². The van der Waals surface area contributed by atoms with Crippen molar-refractivity contribution in [3.8, 4) is 0 Å². The monoisotopic (exact) mass is 304 g/mol. The van der Waals surface area contributed by atoms with E-state index in [-0.39, 0.29) is 10.9 Å². The predicted molar refractivity (Wildman–Crippen MR) is 83.1 cm³/mol. The van der Waals surface area contributed by atoms with Crippen LogP contribution in [0, 0.1) is 11.7 Å². The molecule has 0 fully saturated rings. The molecule has 0 amide bonds. The average molecular weight is 305 g/mol. The van der Waals surface area contributed by atoms with Gasteiger partial charge >= 0.3 is 0 Å². The SMILES string of the molecule is OC(Cc1ccc(Cl)c(F)c1)C1CCc2ccccc2C1. The van der Waals surface area contributed by atoms with Crippen LogP contribution in [0.3, 0.4) is 0 Å². The summed E-state index contributed by atoms with van der Waals surface area (Å²) < 4.78 is 13.5. The highest BCUT2D eigenvalue weighted by Gasteiger charge is 2.25. The number of aryl methyl sites for hydroxylation is 1. The molecule has 0 radical (unpaired) electrons. The van der Waals surface area contributed by atoms with Gasteiger partial charge in [0.1, 0.15) is 5.82 Å². The lowest BCUT2D eigenvalue weighted by molar-refractivity contribution is 0.0992. The molecule has 1 N–H and O–H groups in total. The van der Waals surface area contributed by atoms with E-state index >= 15 is 0 Å². The van der Waals surface area contributed by atoms with Crippen molar-refractivity contribution in [2.24, 2.45) is 5.92 Å². The minimum Gasteiger partial charge on any atom is -0.392 e. The molecule has 0 aromatic heterocycles. The van der Waals surface area contributed by atoms with E-state index in [1.165, 1.54) is 17.2 Å². The van der Waals surface area contributed by atoms with Crippen LogP contribution in [0.15, 0.2) is 42.5 Å². The van der Waals surface area contributed by atoms with Crippen LogP contribution in [-0.2, 0) is 19.3 Å². The molecule has 3 heteroatoms. The molecule has 2 atom stereocenters. The zero-order chi connectivity index (χ0) is 14.8. The van der Waals surface area contributed by atoms with Crippen LogP contribution in [0.4, 0.5) is 4.39 Å². The fourth-order valence-electron chi connectivity index (χ4n) is 3.13. The highest BCUT2D eigenvalue weighted by Crippen LogP contribution is 2.29. The Bertz CT molecular complexity index is 641. The van der Waals surface area contributed by atoms with Gasteiger partial charge in [-0.15, -0.1) is 0 Å². The molecule has 0 saturated carbocycles. The highest BCUT2D eigenvalue weighted by atomic mass is 35.5. The predicted octanol–water partition coefficient (Wildman–Crippen LogP) is 4.19. The number of rotatable bonds is 3. The maximum Gasteiger partial charge on any atom is 0.142 e. The van der Waals surface area contributed by atoms with E-state index in [2.05, 4.69) is 18.2 Å². The molecule has 1 aliphatic rings. The van der Waals surface area contributed by atoms with Gasteiger partial charge in [0, 0.05) is 0 Å². The summed E-state index contributed by atoms with van der Waals surface area (Å²) >= 11 is 5.68. The van der Waals surface area contributed by atoms with Crippen molar-refractivity contribution in [1.82, 2.24) is 0 Å². The Balaban J connectivity index is 1.69. The van der Waals surface area contributed by atoms with Crippen molar-refractivity contribution < 1.29 is 9.50 Å². The zero-order valence-corrected chi connectivity index (χ0v) is 12.5. The average Bonchev–Trinajstić information content (AvgIpc) is 2.50. The van der Waals surface area contributed by atoms with Crippen LogP contribution in [0.5, 0.6) is 0 Å². The Morgan fingerprint density at radius 3 is 2.71 bits per heavy atom. The summed E-state index contributed by atoms with van der Waals surface area (Å²) in [6.07, 6.45) is 2.91. The summed E-state index contributed by atoms with van der Waals surface area (Å²) in [5.41, 5.74) is 3.51. The van der Waals surface area contributed by atoms with Gasteiger partial charge in [0.25, 0.3) is 0 Å². The van der Waals surface area contributed by atoms with Crippen molar-refractivity contribution in [2.45, 2.75) is 31.8 Å². The summed E-state index contributed by atoms with van der Waals surface area (Å²) in [4.78, 5) is 0. The molecular formula is C18H18ClFO. The first-order valence-corrected chi connectivity index (χ1v) is 7.70. The molecule has 0 spiro atoms. The molecular weight excluding hydrogens is 287 g/mol. The van der Waals surface area contributed by atoms with Crippen molar-refractivity contribution in [3.05, 3.63) is 70.0 Å². The first-order valence-electron chi connectivity index (χ1n) is 7.32. The van der Waals surface area contributed by atoms with Gasteiger partial charge in [-0.25, -0.2) is 4.39 Å². The number of hydrogen-bond donors (Lipinski definition) is 1. The number of aliphatic hydroxyl groups excluding tert-OH is 1. The molecule has 0 aliphatic heterocycles. The Morgan fingerprint density at radius 1 is 1.19 bits per heavy atom. The molecule has 1 nitrogen and oxygen atoms in total. The molecule has 110 valence electrons. The second-order valence-electron chi connectivity index (χ2n) is 5.79. The van der Waals surface area contributed by atoms with Crippen LogP contribution in [0.1, 0.15) is 23.1 Å². The van der Waals surface area contributed by atoms with Crippen molar-refractivity contribution in [1.29, 1.82) is 0 Å². The first-order chi connectivity index (χ1) is 10.1. The summed E-state index contributed by atoms with van der Waals surface area (Å²) in [7, 11) is 0. The Morgan fingerprint density at radius 2 is 1.95 bits per heavy atom. The molecule has 0 heterocycles. The van der Waals surface area contributed by atoms with Gasteiger partial charge in [-0.05, 0) is 60.4 Å². The number of halogens is 2. The lowest BCUT2D eigenvalue weighted by Crippen LogP contribution is -2.28. The van der Waals surface area contributed by atoms with Gasteiger partial charge < -0.3 is 5.11 Å². The Hall–Kier alpha value is -1.38. The minimum atomic E-state index is -0.445. The molecule has 0 bridgehead atoms. The molecule has 0 saturated heterocycles. The van der Waals surface area contributed by atoms with E-state index < -0.39 is 11.9 Å². The molecule has 2 aromatic rings. The van der Waals surface area contributed by atoms with E-state index in [0.29, 0.717) is 6.42 Å². The van der Waals surface area contributed by atoms with E-state index in [1.807, 2.05) is 6.07 Å². The summed E-state index contributed by atoms with van der Waals surface area (Å²) in [6, 6.07) is 13.2. The summed E-state index contributed by atoms with van der Waals surface area (Å²) in [6.45, 7) is 0. The quantitative estimate of drug-likeness (QED) is 0.901. The molecule has 1 aliphatic carbocycles. The molecule has 2 aromatic carbocycles. The fraction of sp³-hybridized carbons (Fsp3) is 0.333. The second kappa shape index (κ2) is 6.17. The van der Waals surface area contributed by atoms with Crippen LogP contribution < -0.4 is 0 Å². The van der Waals surface area contributed by atoms with Gasteiger partial charge in [-0.2, -0.15) is 0 Å². The van der Waals surface area contributed by atoms with Gasteiger partial charge in [-0.3, -0.25) is 0 Å². The summed E-state index contributed by atoms with van der Waals surface area (Å²) in [5.74, 6) is -0.186. The van der Waals surface area contributed by atoms with Crippen LogP contribution in [0.2, 0.25) is 5.02 Å². The normalized spacial score (nSPS) is 19.1. The van der Waals surface area contributed by atoms with Gasteiger partial charge in [-0.1, -0.05) is 41.9 Å². The topological polar surface area (TPSA) is 20.2 Å². The smallest absolute Gasteiger partial charge is 0.142 e. The van der Waals surface area contributed by atoms with Gasteiger partial charge in [0.05, 0.1) is 11.1 Å². The highest BCUT2D eigenvalue weighted by molar-refractivity contribution is 6.30. The lowest BCUT2D eigenvalue weighted by atomic mass is 9.79. The van der Waals surface area contributed by atoms with Crippen LogP contribution >= 0.6 is 11.6 Å². The number of aliphatic hydroxyl groups is 1. The third-order valence-corrected chi connectivity index (χ3v) is 4.66. The maximum absolute atomic E-state index is 13.5. The number of benzene rings is 2. The number of hydrogen-bond acceptors (Lipinski definition) is 1. The fourth-order valence-corrected chi connectivity index (χ4v) is 3.25. The van der Waals surface area contributed by atoms with E-state index in [1.54, 1.807) is 12.1 Å². The van der Waals surface area contributed by atoms with Gasteiger partial charge in [0.15, 0.2) is 0 Å². The van der Waals surface area contributed by atoms with Gasteiger partial charge in [0.2, 0.25) is 0 Å². The van der Waals surface area contributed by atoms with E-state index in [4.69, 9.17) is 11.6 Å². The largest absolute Gasteiger partial charge is 0.392 e. The van der Waals surface area contributed by atoms with E-state index in [9.17, 15) is 9.50 Å². The summed E-state index contributed by atoms with van der Waals surface area (Å²) in [5, 5.41) is 10.6. The Labute approximate surface area is 129 Å². The zero-order valence-electron chi connectivity index (χ0n) is 11.7.